The van der Waals surface area contributed by atoms with E-state index in [2.05, 4.69) is 26.3 Å². The number of imidazole rings is 1. The third kappa shape index (κ3) is 5.52. The first kappa shape index (κ1) is 30.3. The van der Waals surface area contributed by atoms with Crippen LogP contribution in [0.1, 0.15) is 41.9 Å². The minimum Gasteiger partial charge on any atom is -0.443 e. The molecule has 2 aliphatic heterocycles. The van der Waals surface area contributed by atoms with Crippen LogP contribution >= 0.6 is 11.3 Å². The number of aromatic nitrogens is 3. The molecule has 1 atom stereocenters. The van der Waals surface area contributed by atoms with Gasteiger partial charge in [-0.3, -0.25) is 24.6 Å². The molecule has 12 nitrogen and oxygen atoms in total. The maximum Gasteiger partial charge on any atom is 0.268 e. The molecule has 2 saturated heterocycles. The third-order valence-corrected chi connectivity index (χ3v) is 10.8. The van der Waals surface area contributed by atoms with E-state index in [4.69, 9.17) is 14.1 Å². The Balaban J connectivity index is 1.16. The van der Waals surface area contributed by atoms with Gasteiger partial charge in [-0.1, -0.05) is 6.58 Å². The summed E-state index contributed by atoms with van der Waals surface area (Å²) in [6, 6.07) is 9.25. The van der Waals surface area contributed by atoms with Crippen LogP contribution in [0.4, 0.5) is 11.6 Å². The van der Waals surface area contributed by atoms with Crippen LogP contribution in [-0.2, 0) is 14.3 Å². The predicted octanol–water partition coefficient (Wildman–Crippen LogP) is 4.43. The zero-order chi connectivity index (χ0) is 32.0. The number of carbonyl (C=O) groups is 3. The van der Waals surface area contributed by atoms with Gasteiger partial charge in [0.05, 0.1) is 46.2 Å². The molecule has 5 heterocycles. The molecule has 1 aromatic carbocycles. The maximum atomic E-state index is 13.5. The standard InChI is InChI=1S/C33H37N7O5S/c1-4-29(41)39-10-9-33(19-39)16-23(17-33)40-25-6-5-22(37(3)31(43)21(2)38-11-13-44-14-12-38)15-24(25)35-32(40)36-30(42)28-8-7-27(46-28)26-18-34-20-45-26/h4-8,15,18,20-21,23H,1,9-14,16-17,19H2,2-3H3,(H,35,36,42)/t21-,23-,33-/m0/s1. The summed E-state index contributed by atoms with van der Waals surface area (Å²) in [5.74, 6) is 0.758. The Morgan fingerprint density at radius 2 is 1.98 bits per heavy atom. The molecule has 0 radical (unpaired) electrons. The molecule has 46 heavy (non-hydrogen) atoms. The van der Waals surface area contributed by atoms with E-state index in [1.54, 1.807) is 24.2 Å². The van der Waals surface area contributed by atoms with Crippen molar-refractivity contribution in [2.75, 3.05) is 56.7 Å². The summed E-state index contributed by atoms with van der Waals surface area (Å²) in [7, 11) is 1.79. The largest absolute Gasteiger partial charge is 0.443 e. The van der Waals surface area contributed by atoms with Gasteiger partial charge in [-0.2, -0.15) is 0 Å². The third-order valence-electron chi connectivity index (χ3n) is 9.70. The van der Waals surface area contributed by atoms with Gasteiger partial charge in [0, 0.05) is 45.0 Å². The Bertz CT molecular complexity index is 1780. The number of thiophene rings is 1. The fraction of sp³-hybridized carbons (Fsp3) is 0.424. The number of hydrogen-bond acceptors (Lipinski definition) is 9. The van der Waals surface area contributed by atoms with Crippen molar-refractivity contribution in [3.05, 3.63) is 60.5 Å². The molecule has 3 aromatic heterocycles. The second-order valence-corrected chi connectivity index (χ2v) is 13.5. The highest BCUT2D eigenvalue weighted by atomic mass is 32.1. The summed E-state index contributed by atoms with van der Waals surface area (Å²) >= 11 is 1.32. The summed E-state index contributed by atoms with van der Waals surface area (Å²) in [6.07, 6.45) is 7.04. The van der Waals surface area contributed by atoms with Crippen LogP contribution in [-0.4, -0.2) is 94.5 Å². The molecule has 1 aliphatic carbocycles. The van der Waals surface area contributed by atoms with Crippen molar-refractivity contribution in [3.8, 4) is 10.6 Å². The zero-order valence-electron chi connectivity index (χ0n) is 26.0. The van der Waals surface area contributed by atoms with Crippen LogP contribution in [0, 0.1) is 5.41 Å². The van der Waals surface area contributed by atoms with Gasteiger partial charge in [0.15, 0.2) is 12.2 Å². The van der Waals surface area contributed by atoms with Gasteiger partial charge in [0.25, 0.3) is 5.91 Å². The second-order valence-electron chi connectivity index (χ2n) is 12.5. The minimum atomic E-state index is -0.283. The quantitative estimate of drug-likeness (QED) is 0.280. The molecular formula is C33H37N7O5S. The monoisotopic (exact) mass is 643 g/mol. The van der Waals surface area contributed by atoms with Crippen LogP contribution in [0.25, 0.3) is 21.7 Å². The van der Waals surface area contributed by atoms with Crippen LogP contribution in [0.5, 0.6) is 0 Å². The van der Waals surface area contributed by atoms with E-state index < -0.39 is 0 Å². The van der Waals surface area contributed by atoms with E-state index in [1.165, 1.54) is 23.8 Å². The molecule has 0 bridgehead atoms. The lowest BCUT2D eigenvalue weighted by atomic mass is 9.65. The molecule has 1 N–H and O–H groups in total. The second kappa shape index (κ2) is 12.1. The van der Waals surface area contributed by atoms with E-state index >= 15 is 0 Å². The van der Waals surface area contributed by atoms with Crippen LogP contribution < -0.4 is 10.2 Å². The Hall–Kier alpha value is -4.33. The molecule has 3 aliphatic rings. The fourth-order valence-electron chi connectivity index (χ4n) is 7.08. The first-order valence-electron chi connectivity index (χ1n) is 15.6. The molecule has 3 fully saturated rings. The van der Waals surface area contributed by atoms with E-state index in [0.717, 1.165) is 55.0 Å². The first-order chi connectivity index (χ1) is 22.2. The van der Waals surface area contributed by atoms with E-state index in [9.17, 15) is 14.4 Å². The predicted molar refractivity (Wildman–Crippen MR) is 175 cm³/mol. The number of nitrogens with zero attached hydrogens (tertiary/aromatic N) is 6. The van der Waals surface area contributed by atoms with Crippen molar-refractivity contribution >= 4 is 51.7 Å². The summed E-state index contributed by atoms with van der Waals surface area (Å²) in [5, 5.41) is 3.07. The maximum absolute atomic E-state index is 13.5. The van der Waals surface area contributed by atoms with Gasteiger partial charge >= 0.3 is 0 Å². The van der Waals surface area contributed by atoms with Crippen LogP contribution in [0.15, 0.2) is 60.0 Å². The number of amides is 3. The number of rotatable bonds is 8. The average molecular weight is 644 g/mol. The number of oxazole rings is 1. The van der Waals surface area contributed by atoms with E-state index in [-0.39, 0.29) is 35.2 Å². The lowest BCUT2D eigenvalue weighted by Crippen LogP contribution is -2.50. The van der Waals surface area contributed by atoms with E-state index in [1.807, 2.05) is 36.1 Å². The number of likely N-dealkylation sites (N-methyl/N-ethyl adjacent to an activating group) is 1. The Morgan fingerprint density at radius 1 is 1.17 bits per heavy atom. The minimum absolute atomic E-state index is 0.00439. The van der Waals surface area contributed by atoms with Gasteiger partial charge in [-0.25, -0.2) is 9.97 Å². The Kier molecular flexibility index (Phi) is 7.99. The SMILES string of the molecule is C=CC(=O)N1CC[C@]2(C1)C[C@H](n1c(NC(=O)c3ccc(-c4cnco4)s3)nc3cc(N(C)C(=O)[C@H](C)N4CCOCC4)ccc31)C2. The normalized spacial score (nSPS) is 22.1. The van der Waals surface area contributed by atoms with Crippen molar-refractivity contribution in [1.29, 1.82) is 0 Å². The highest BCUT2D eigenvalue weighted by Crippen LogP contribution is 2.55. The van der Waals surface area contributed by atoms with Crippen LogP contribution in [0.3, 0.4) is 0 Å². The molecule has 7 rings (SSSR count). The number of benzene rings is 1. The first-order valence-corrected chi connectivity index (χ1v) is 16.4. The lowest BCUT2D eigenvalue weighted by molar-refractivity contribution is -0.126. The van der Waals surface area contributed by atoms with Gasteiger partial charge in [0.2, 0.25) is 17.8 Å². The van der Waals surface area contributed by atoms with E-state index in [0.29, 0.717) is 41.9 Å². The number of fused-ring (bicyclic) bond motifs is 1. The molecule has 0 unspecified atom stereocenters. The Labute approximate surface area is 270 Å². The lowest BCUT2D eigenvalue weighted by Gasteiger charge is -2.46. The van der Waals surface area contributed by atoms with Crippen molar-refractivity contribution in [3.63, 3.8) is 0 Å². The zero-order valence-corrected chi connectivity index (χ0v) is 26.8. The average Bonchev–Trinajstić information content (AvgIpc) is 3.88. The van der Waals surface area contributed by atoms with Crippen LogP contribution in [0.2, 0.25) is 0 Å². The number of likely N-dealkylation sites (tertiary alicyclic amines) is 1. The molecule has 13 heteroatoms. The summed E-state index contributed by atoms with van der Waals surface area (Å²) < 4.78 is 13.0. The molecule has 3 amide bonds. The van der Waals surface area contributed by atoms with Gasteiger partial charge in [0.1, 0.15) is 0 Å². The summed E-state index contributed by atoms with van der Waals surface area (Å²) in [6.45, 7) is 9.70. The molecular weight excluding hydrogens is 606 g/mol. The Morgan fingerprint density at radius 3 is 2.72 bits per heavy atom. The molecule has 4 aromatic rings. The number of hydrogen-bond donors (Lipinski definition) is 1. The highest BCUT2D eigenvalue weighted by Gasteiger charge is 2.50. The van der Waals surface area contributed by atoms with Gasteiger partial charge in [-0.05, 0) is 68.0 Å². The van der Waals surface area contributed by atoms with Gasteiger partial charge in [-0.15, -0.1) is 11.3 Å². The molecule has 1 saturated carbocycles. The van der Waals surface area contributed by atoms with Crippen molar-refractivity contribution in [2.24, 2.45) is 5.41 Å². The number of nitrogens with one attached hydrogen (secondary N) is 1. The summed E-state index contributed by atoms with van der Waals surface area (Å²) in [4.78, 5) is 55.2. The number of anilines is 2. The number of morpholine rings is 1. The summed E-state index contributed by atoms with van der Waals surface area (Å²) in [5.41, 5.74) is 2.35. The number of carbonyl (C=O) groups excluding carboxylic acids is 3. The van der Waals surface area contributed by atoms with Crippen molar-refractivity contribution < 1.29 is 23.5 Å². The smallest absolute Gasteiger partial charge is 0.268 e. The highest BCUT2D eigenvalue weighted by molar-refractivity contribution is 7.17. The number of ether oxygens (including phenoxy) is 1. The topological polar surface area (TPSA) is 126 Å². The van der Waals surface area contributed by atoms with Gasteiger partial charge < -0.3 is 23.5 Å². The molecule has 240 valence electrons. The molecule has 1 spiro atoms. The van der Waals surface area contributed by atoms with Crippen molar-refractivity contribution in [2.45, 2.75) is 38.3 Å². The fourth-order valence-corrected chi connectivity index (χ4v) is 7.94. The van der Waals surface area contributed by atoms with Crippen molar-refractivity contribution in [1.82, 2.24) is 24.3 Å².